The number of nitrogen functional groups attached to an aromatic ring is 1. The zero-order valence-corrected chi connectivity index (χ0v) is 6.80. The van der Waals surface area contributed by atoms with Crippen molar-refractivity contribution < 1.29 is 0 Å². The van der Waals surface area contributed by atoms with Crippen molar-refractivity contribution >= 4 is 17.3 Å². The molecule has 0 amide bonds. The lowest BCUT2D eigenvalue weighted by molar-refractivity contribution is 0.927. The van der Waals surface area contributed by atoms with Crippen LogP contribution in [0.25, 0.3) is 0 Å². The standard InChI is InChI=1S/C7H10ClN3/c8-5-3-6(10)7(1-2-9)11-4-5/h3-4H,1-2,9-10H2. The Morgan fingerprint density at radius 3 is 2.82 bits per heavy atom. The fourth-order valence-electron chi connectivity index (χ4n) is 0.829. The Morgan fingerprint density at radius 2 is 2.27 bits per heavy atom. The maximum absolute atomic E-state index is 5.64. The molecule has 0 aliphatic rings. The van der Waals surface area contributed by atoms with E-state index in [1.165, 1.54) is 0 Å². The van der Waals surface area contributed by atoms with Crippen molar-refractivity contribution in [3.05, 3.63) is 23.0 Å². The van der Waals surface area contributed by atoms with Crippen LogP contribution < -0.4 is 11.5 Å². The first-order valence-corrected chi connectivity index (χ1v) is 3.72. The molecule has 0 aromatic carbocycles. The highest BCUT2D eigenvalue weighted by Crippen LogP contribution is 2.14. The second-order valence-corrected chi connectivity index (χ2v) is 2.66. The highest BCUT2D eigenvalue weighted by atomic mass is 35.5. The van der Waals surface area contributed by atoms with Gasteiger partial charge in [0, 0.05) is 12.6 Å². The molecule has 0 fully saturated rings. The first kappa shape index (κ1) is 8.30. The Labute approximate surface area is 70.4 Å². The van der Waals surface area contributed by atoms with Crippen LogP contribution in [0.15, 0.2) is 12.3 Å². The van der Waals surface area contributed by atoms with Crippen molar-refractivity contribution in [1.29, 1.82) is 0 Å². The van der Waals surface area contributed by atoms with Crippen molar-refractivity contribution in [2.24, 2.45) is 5.73 Å². The van der Waals surface area contributed by atoms with Gasteiger partial charge in [-0.2, -0.15) is 0 Å². The molecule has 1 heterocycles. The van der Waals surface area contributed by atoms with Crippen LogP contribution in [0.5, 0.6) is 0 Å². The van der Waals surface area contributed by atoms with E-state index >= 15 is 0 Å². The van der Waals surface area contributed by atoms with Gasteiger partial charge in [-0.15, -0.1) is 0 Å². The van der Waals surface area contributed by atoms with Gasteiger partial charge < -0.3 is 11.5 Å². The monoisotopic (exact) mass is 171 g/mol. The van der Waals surface area contributed by atoms with E-state index in [4.69, 9.17) is 23.1 Å². The molecule has 60 valence electrons. The van der Waals surface area contributed by atoms with Crippen molar-refractivity contribution in [2.75, 3.05) is 12.3 Å². The van der Waals surface area contributed by atoms with Gasteiger partial charge in [0.05, 0.1) is 16.4 Å². The van der Waals surface area contributed by atoms with E-state index in [0.29, 0.717) is 23.7 Å². The summed E-state index contributed by atoms with van der Waals surface area (Å²) in [6.07, 6.45) is 2.27. The zero-order valence-electron chi connectivity index (χ0n) is 6.05. The predicted octanol–water partition coefficient (Wildman–Crippen LogP) is 0.818. The van der Waals surface area contributed by atoms with Crippen LogP contribution in [0.4, 0.5) is 5.69 Å². The molecule has 0 aliphatic heterocycles. The number of hydrogen-bond acceptors (Lipinski definition) is 3. The second-order valence-electron chi connectivity index (χ2n) is 2.23. The molecular weight excluding hydrogens is 162 g/mol. The van der Waals surface area contributed by atoms with Crippen LogP contribution in [-0.2, 0) is 6.42 Å². The Bertz CT molecular complexity index is 249. The Kier molecular flexibility index (Phi) is 2.68. The molecule has 0 bridgehead atoms. The van der Waals surface area contributed by atoms with E-state index in [0.717, 1.165) is 5.69 Å². The summed E-state index contributed by atoms with van der Waals surface area (Å²) in [5, 5.41) is 0.559. The third-order valence-electron chi connectivity index (χ3n) is 1.35. The molecule has 4 N–H and O–H groups in total. The number of aromatic nitrogens is 1. The molecular formula is C7H10ClN3. The van der Waals surface area contributed by atoms with E-state index in [9.17, 15) is 0 Å². The van der Waals surface area contributed by atoms with Gasteiger partial charge in [0.15, 0.2) is 0 Å². The summed E-state index contributed by atoms with van der Waals surface area (Å²) in [6, 6.07) is 1.68. The number of hydrogen-bond donors (Lipinski definition) is 2. The van der Waals surface area contributed by atoms with Gasteiger partial charge in [0.2, 0.25) is 0 Å². The quantitative estimate of drug-likeness (QED) is 0.693. The minimum Gasteiger partial charge on any atom is -0.397 e. The maximum atomic E-state index is 5.64. The van der Waals surface area contributed by atoms with Gasteiger partial charge in [-0.3, -0.25) is 4.98 Å². The van der Waals surface area contributed by atoms with Gasteiger partial charge in [0.1, 0.15) is 0 Å². The van der Waals surface area contributed by atoms with E-state index < -0.39 is 0 Å². The third-order valence-corrected chi connectivity index (χ3v) is 1.56. The SMILES string of the molecule is NCCc1ncc(Cl)cc1N. The highest BCUT2D eigenvalue weighted by molar-refractivity contribution is 6.30. The van der Waals surface area contributed by atoms with Crippen LogP contribution in [0.3, 0.4) is 0 Å². The number of nitrogens with two attached hydrogens (primary N) is 2. The number of rotatable bonds is 2. The summed E-state index contributed by atoms with van der Waals surface area (Å²) < 4.78 is 0. The summed E-state index contributed by atoms with van der Waals surface area (Å²) in [7, 11) is 0. The minimum atomic E-state index is 0.554. The van der Waals surface area contributed by atoms with Crippen molar-refractivity contribution in [3.63, 3.8) is 0 Å². The zero-order chi connectivity index (χ0) is 8.27. The Balaban J connectivity index is 2.90. The van der Waals surface area contributed by atoms with Crippen LogP contribution in [0.2, 0.25) is 5.02 Å². The molecule has 3 nitrogen and oxygen atoms in total. The van der Waals surface area contributed by atoms with Crippen molar-refractivity contribution in [2.45, 2.75) is 6.42 Å². The van der Waals surface area contributed by atoms with Gasteiger partial charge in [-0.25, -0.2) is 0 Å². The lowest BCUT2D eigenvalue weighted by atomic mass is 10.2. The second kappa shape index (κ2) is 3.55. The number of pyridine rings is 1. The van der Waals surface area contributed by atoms with E-state index in [-0.39, 0.29) is 0 Å². The fraction of sp³-hybridized carbons (Fsp3) is 0.286. The van der Waals surface area contributed by atoms with Gasteiger partial charge in [0.25, 0.3) is 0 Å². The molecule has 1 rings (SSSR count). The first-order valence-electron chi connectivity index (χ1n) is 3.34. The third kappa shape index (κ3) is 2.06. The maximum Gasteiger partial charge on any atom is 0.0646 e. The summed E-state index contributed by atoms with van der Waals surface area (Å²) in [4.78, 5) is 4.03. The topological polar surface area (TPSA) is 64.9 Å². The van der Waals surface area contributed by atoms with E-state index in [1.807, 2.05) is 0 Å². The summed E-state index contributed by atoms with van der Waals surface area (Å²) in [5.41, 5.74) is 12.4. The van der Waals surface area contributed by atoms with Crippen molar-refractivity contribution in [1.82, 2.24) is 4.98 Å². The Hall–Kier alpha value is -0.800. The lowest BCUT2D eigenvalue weighted by Crippen LogP contribution is -2.06. The lowest BCUT2D eigenvalue weighted by Gasteiger charge is -2.01. The summed E-state index contributed by atoms with van der Waals surface area (Å²) >= 11 is 5.64. The Morgan fingerprint density at radius 1 is 1.55 bits per heavy atom. The molecule has 0 saturated heterocycles. The number of halogens is 1. The molecule has 11 heavy (non-hydrogen) atoms. The molecule has 4 heteroatoms. The first-order chi connectivity index (χ1) is 5.24. The van der Waals surface area contributed by atoms with Crippen LogP contribution >= 0.6 is 11.6 Å². The molecule has 0 saturated carbocycles. The van der Waals surface area contributed by atoms with Gasteiger partial charge >= 0.3 is 0 Å². The van der Waals surface area contributed by atoms with E-state index in [1.54, 1.807) is 12.3 Å². The van der Waals surface area contributed by atoms with Crippen LogP contribution in [-0.4, -0.2) is 11.5 Å². The summed E-state index contributed by atoms with van der Waals surface area (Å²) in [6.45, 7) is 0.554. The predicted molar refractivity (Wildman–Crippen MR) is 46.4 cm³/mol. The average molecular weight is 172 g/mol. The van der Waals surface area contributed by atoms with Crippen LogP contribution in [0.1, 0.15) is 5.69 Å². The smallest absolute Gasteiger partial charge is 0.0646 e. The normalized spacial score (nSPS) is 10.0. The van der Waals surface area contributed by atoms with Gasteiger partial charge in [-0.05, 0) is 12.6 Å². The number of nitrogens with zero attached hydrogens (tertiary/aromatic N) is 1. The molecule has 0 radical (unpaired) electrons. The minimum absolute atomic E-state index is 0.554. The average Bonchev–Trinajstić information content (AvgIpc) is 1.95. The van der Waals surface area contributed by atoms with Crippen LogP contribution in [0, 0.1) is 0 Å². The fourth-order valence-corrected chi connectivity index (χ4v) is 0.995. The van der Waals surface area contributed by atoms with Crippen molar-refractivity contribution in [3.8, 4) is 0 Å². The largest absolute Gasteiger partial charge is 0.397 e. The molecule has 0 aliphatic carbocycles. The summed E-state index contributed by atoms with van der Waals surface area (Å²) in [5.74, 6) is 0. The molecule has 0 atom stereocenters. The molecule has 0 spiro atoms. The molecule has 1 aromatic rings. The molecule has 1 aromatic heterocycles. The molecule has 0 unspecified atom stereocenters. The van der Waals surface area contributed by atoms with Gasteiger partial charge in [-0.1, -0.05) is 11.6 Å². The highest BCUT2D eigenvalue weighted by Gasteiger charge is 1.99. The number of anilines is 1. The van der Waals surface area contributed by atoms with E-state index in [2.05, 4.69) is 4.98 Å².